The van der Waals surface area contributed by atoms with E-state index >= 15 is 0 Å². The van der Waals surface area contributed by atoms with E-state index in [9.17, 15) is 0 Å². The molecule has 0 radical (unpaired) electrons. The zero-order valence-corrected chi connectivity index (χ0v) is 13.1. The minimum atomic E-state index is 0.281. The Labute approximate surface area is 118 Å². The fraction of sp³-hybridized carbons (Fsp3) is 0.647. The summed E-state index contributed by atoms with van der Waals surface area (Å²) in [4.78, 5) is 2.43. The largest absolute Gasteiger partial charge is 0.315 e. The molecule has 106 valence electrons. The van der Waals surface area contributed by atoms with Gasteiger partial charge in [-0.3, -0.25) is 0 Å². The summed E-state index contributed by atoms with van der Waals surface area (Å²) in [5, 5.41) is 3.59. The quantitative estimate of drug-likeness (QED) is 0.899. The van der Waals surface area contributed by atoms with Gasteiger partial charge in [-0.2, -0.15) is 0 Å². The molecule has 1 N–H and O–H groups in total. The van der Waals surface area contributed by atoms with Crippen LogP contribution in [0, 0.1) is 20.8 Å². The lowest BCUT2D eigenvalue weighted by molar-refractivity contribution is 0.114. The van der Waals surface area contributed by atoms with Crippen molar-refractivity contribution in [2.75, 3.05) is 27.2 Å². The first-order chi connectivity index (χ1) is 8.94. The van der Waals surface area contributed by atoms with Crippen LogP contribution in [0.4, 0.5) is 0 Å². The van der Waals surface area contributed by atoms with Crippen molar-refractivity contribution < 1.29 is 0 Å². The Bertz CT molecular complexity index is 420. The monoisotopic (exact) mass is 260 g/mol. The van der Waals surface area contributed by atoms with Gasteiger partial charge in [-0.15, -0.1) is 0 Å². The van der Waals surface area contributed by atoms with Crippen LogP contribution >= 0.6 is 0 Å². The van der Waals surface area contributed by atoms with Crippen LogP contribution < -0.4 is 5.32 Å². The van der Waals surface area contributed by atoms with Gasteiger partial charge in [-0.1, -0.05) is 17.7 Å². The van der Waals surface area contributed by atoms with Gasteiger partial charge in [-0.25, -0.2) is 0 Å². The molecule has 2 nitrogen and oxygen atoms in total. The number of benzene rings is 1. The molecule has 1 saturated heterocycles. The number of nitrogens with zero attached hydrogens (tertiary/aromatic N) is 1. The molecule has 1 aromatic rings. The van der Waals surface area contributed by atoms with E-state index in [-0.39, 0.29) is 5.54 Å². The Hall–Kier alpha value is -0.860. The predicted octanol–water partition coefficient (Wildman–Crippen LogP) is 2.84. The molecule has 1 fully saturated rings. The molecule has 0 saturated carbocycles. The second-order valence-corrected chi connectivity index (χ2v) is 6.45. The van der Waals surface area contributed by atoms with Crippen molar-refractivity contribution in [3.63, 3.8) is 0 Å². The van der Waals surface area contributed by atoms with Gasteiger partial charge in [0.25, 0.3) is 0 Å². The fourth-order valence-corrected chi connectivity index (χ4v) is 3.46. The maximum atomic E-state index is 3.59. The molecule has 1 aromatic carbocycles. The molecule has 0 aliphatic carbocycles. The summed E-state index contributed by atoms with van der Waals surface area (Å²) in [6, 6.07) is 4.64. The zero-order chi connectivity index (χ0) is 14.0. The van der Waals surface area contributed by atoms with Gasteiger partial charge in [0.15, 0.2) is 0 Å². The normalized spacial score (nSPS) is 23.9. The Morgan fingerprint density at radius 3 is 2.26 bits per heavy atom. The number of likely N-dealkylation sites (N-methyl/N-ethyl adjacent to an activating group) is 1. The van der Waals surface area contributed by atoms with E-state index in [1.54, 1.807) is 5.56 Å². The molecule has 1 aliphatic heterocycles. The second kappa shape index (κ2) is 5.64. The molecule has 0 spiro atoms. The van der Waals surface area contributed by atoms with Gasteiger partial charge in [0.05, 0.1) is 0 Å². The van der Waals surface area contributed by atoms with Crippen molar-refractivity contribution in [1.29, 1.82) is 0 Å². The average molecular weight is 260 g/mol. The standard InChI is InChI=1S/C17H28N2/c1-13-9-14(2)16(15(3)10-13)11-17(19(4)5)7-6-8-18-12-17/h9-10,18H,6-8,11-12H2,1-5H3. The third-order valence-electron chi connectivity index (χ3n) is 4.74. The van der Waals surface area contributed by atoms with Gasteiger partial charge < -0.3 is 10.2 Å². The van der Waals surface area contributed by atoms with Crippen molar-refractivity contribution in [1.82, 2.24) is 10.2 Å². The van der Waals surface area contributed by atoms with Gasteiger partial charge in [0.2, 0.25) is 0 Å². The number of rotatable bonds is 3. The van der Waals surface area contributed by atoms with Crippen molar-refractivity contribution in [3.05, 3.63) is 34.4 Å². The van der Waals surface area contributed by atoms with E-state index < -0.39 is 0 Å². The van der Waals surface area contributed by atoms with Crippen LogP contribution in [-0.4, -0.2) is 37.6 Å². The summed E-state index contributed by atoms with van der Waals surface area (Å²) in [7, 11) is 4.46. The number of nitrogens with one attached hydrogen (secondary N) is 1. The van der Waals surface area contributed by atoms with Crippen LogP contribution in [0.1, 0.15) is 35.1 Å². The van der Waals surface area contributed by atoms with Gasteiger partial charge >= 0.3 is 0 Å². The van der Waals surface area contributed by atoms with Crippen LogP contribution in [-0.2, 0) is 6.42 Å². The van der Waals surface area contributed by atoms with Crippen molar-refractivity contribution in [2.24, 2.45) is 0 Å². The number of piperidine rings is 1. The molecular weight excluding hydrogens is 232 g/mol. The first-order valence-electron chi connectivity index (χ1n) is 7.39. The molecular formula is C17H28N2. The second-order valence-electron chi connectivity index (χ2n) is 6.45. The minimum Gasteiger partial charge on any atom is -0.315 e. The highest BCUT2D eigenvalue weighted by Gasteiger charge is 2.35. The molecule has 0 amide bonds. The SMILES string of the molecule is Cc1cc(C)c(CC2(N(C)C)CCCNC2)c(C)c1. The Balaban J connectivity index is 2.32. The van der Waals surface area contributed by atoms with E-state index in [0.29, 0.717) is 0 Å². The summed E-state index contributed by atoms with van der Waals surface area (Å²) in [5.74, 6) is 0. The highest BCUT2D eigenvalue weighted by Crippen LogP contribution is 2.29. The third-order valence-corrected chi connectivity index (χ3v) is 4.74. The smallest absolute Gasteiger partial charge is 0.0368 e. The molecule has 1 unspecified atom stereocenters. The molecule has 2 rings (SSSR count). The molecule has 0 aromatic heterocycles. The third kappa shape index (κ3) is 3.01. The Morgan fingerprint density at radius 1 is 1.16 bits per heavy atom. The maximum Gasteiger partial charge on any atom is 0.0368 e. The Kier molecular flexibility index (Phi) is 4.32. The van der Waals surface area contributed by atoms with Crippen LogP contribution in [0.15, 0.2) is 12.1 Å². The molecule has 1 heterocycles. The first kappa shape index (κ1) is 14.5. The molecule has 1 aliphatic rings. The van der Waals surface area contributed by atoms with E-state index in [1.165, 1.54) is 36.1 Å². The van der Waals surface area contributed by atoms with Crippen molar-refractivity contribution in [2.45, 2.75) is 45.6 Å². The highest BCUT2D eigenvalue weighted by atomic mass is 15.2. The average Bonchev–Trinajstić information content (AvgIpc) is 2.35. The van der Waals surface area contributed by atoms with Crippen molar-refractivity contribution >= 4 is 0 Å². The lowest BCUT2D eigenvalue weighted by atomic mass is 9.80. The lowest BCUT2D eigenvalue weighted by Gasteiger charge is -2.44. The number of hydrogen-bond donors (Lipinski definition) is 1. The maximum absolute atomic E-state index is 3.59. The molecule has 1 atom stereocenters. The summed E-state index contributed by atoms with van der Waals surface area (Å²) < 4.78 is 0. The lowest BCUT2D eigenvalue weighted by Crippen LogP contribution is -2.56. The topological polar surface area (TPSA) is 15.3 Å². The molecule has 2 heteroatoms. The summed E-state index contributed by atoms with van der Waals surface area (Å²) >= 11 is 0. The predicted molar refractivity (Wildman–Crippen MR) is 82.9 cm³/mol. The van der Waals surface area contributed by atoms with E-state index in [2.05, 4.69) is 57.2 Å². The van der Waals surface area contributed by atoms with Crippen LogP contribution in [0.25, 0.3) is 0 Å². The van der Waals surface area contributed by atoms with Gasteiger partial charge in [-0.05, 0) is 77.4 Å². The van der Waals surface area contributed by atoms with E-state index in [0.717, 1.165) is 13.0 Å². The molecule has 0 bridgehead atoms. The summed E-state index contributed by atoms with van der Waals surface area (Å²) in [6.45, 7) is 8.98. The zero-order valence-electron chi connectivity index (χ0n) is 13.1. The van der Waals surface area contributed by atoms with Crippen LogP contribution in [0.5, 0.6) is 0 Å². The van der Waals surface area contributed by atoms with Crippen LogP contribution in [0.2, 0.25) is 0 Å². The van der Waals surface area contributed by atoms with Gasteiger partial charge in [0, 0.05) is 12.1 Å². The summed E-state index contributed by atoms with van der Waals surface area (Å²) in [5.41, 5.74) is 6.10. The van der Waals surface area contributed by atoms with Crippen LogP contribution in [0.3, 0.4) is 0 Å². The van der Waals surface area contributed by atoms with E-state index in [4.69, 9.17) is 0 Å². The Morgan fingerprint density at radius 2 is 1.79 bits per heavy atom. The highest BCUT2D eigenvalue weighted by molar-refractivity contribution is 5.38. The van der Waals surface area contributed by atoms with E-state index in [1.807, 2.05) is 0 Å². The van der Waals surface area contributed by atoms with Gasteiger partial charge in [0.1, 0.15) is 0 Å². The summed E-state index contributed by atoms with van der Waals surface area (Å²) in [6.07, 6.45) is 3.73. The number of hydrogen-bond acceptors (Lipinski definition) is 2. The molecule has 19 heavy (non-hydrogen) atoms. The first-order valence-corrected chi connectivity index (χ1v) is 7.39. The minimum absolute atomic E-state index is 0.281. The van der Waals surface area contributed by atoms with Crippen molar-refractivity contribution in [3.8, 4) is 0 Å². The fourth-order valence-electron chi connectivity index (χ4n) is 3.46. The number of aryl methyl sites for hydroxylation is 3.